The second kappa shape index (κ2) is 7.67. The molecule has 3 aliphatic rings. The first-order valence-electron chi connectivity index (χ1n) is 10.1. The van der Waals surface area contributed by atoms with Crippen molar-refractivity contribution in [1.82, 2.24) is 9.80 Å². The van der Waals surface area contributed by atoms with Gasteiger partial charge in [0.05, 0.1) is 13.7 Å². The van der Waals surface area contributed by atoms with E-state index < -0.39 is 23.6 Å². The lowest BCUT2D eigenvalue weighted by Crippen LogP contribution is -2.59. The van der Waals surface area contributed by atoms with Gasteiger partial charge in [0.15, 0.2) is 6.04 Å². The van der Waals surface area contributed by atoms with Crippen molar-refractivity contribution < 1.29 is 29.0 Å². The van der Waals surface area contributed by atoms with Crippen molar-refractivity contribution in [2.45, 2.75) is 43.9 Å². The van der Waals surface area contributed by atoms with E-state index in [9.17, 15) is 19.5 Å². The molecule has 2 aliphatic heterocycles. The Morgan fingerprint density at radius 2 is 1.93 bits per heavy atom. The Morgan fingerprint density at radius 1 is 1.21 bits per heavy atom. The largest absolute Gasteiger partial charge is 0.497 e. The van der Waals surface area contributed by atoms with Crippen LogP contribution in [0.5, 0.6) is 5.75 Å². The van der Waals surface area contributed by atoms with Crippen molar-refractivity contribution in [3.05, 3.63) is 29.8 Å². The summed E-state index contributed by atoms with van der Waals surface area (Å²) in [5.74, 6) is -0.671. The highest BCUT2D eigenvalue weighted by atomic mass is 16.5. The minimum atomic E-state index is -1.09. The van der Waals surface area contributed by atoms with E-state index in [-0.39, 0.29) is 18.4 Å². The van der Waals surface area contributed by atoms with Crippen LogP contribution in [0.4, 0.5) is 0 Å². The van der Waals surface area contributed by atoms with Crippen LogP contribution in [0.2, 0.25) is 0 Å². The van der Waals surface area contributed by atoms with Crippen molar-refractivity contribution in [1.29, 1.82) is 0 Å². The molecule has 1 saturated carbocycles. The minimum Gasteiger partial charge on any atom is -0.497 e. The number of aliphatic carboxylic acids is 1. The number of rotatable bonds is 4. The number of nitrogens with zero attached hydrogens (tertiary/aromatic N) is 2. The monoisotopic (exact) mass is 402 g/mol. The van der Waals surface area contributed by atoms with Crippen LogP contribution >= 0.6 is 0 Å². The number of likely N-dealkylation sites (tertiary alicyclic amines) is 1. The predicted octanol–water partition coefficient (Wildman–Crippen LogP) is 1.74. The molecule has 1 N–H and O–H groups in total. The third-order valence-electron chi connectivity index (χ3n) is 6.39. The number of ether oxygens (including phenoxy) is 2. The van der Waals surface area contributed by atoms with E-state index in [0.717, 1.165) is 19.3 Å². The van der Waals surface area contributed by atoms with Gasteiger partial charge in [-0.3, -0.25) is 14.5 Å². The van der Waals surface area contributed by atoms with Crippen molar-refractivity contribution in [2.24, 2.45) is 5.92 Å². The van der Waals surface area contributed by atoms with Crippen molar-refractivity contribution >= 4 is 17.8 Å². The van der Waals surface area contributed by atoms with Crippen LogP contribution in [-0.2, 0) is 14.3 Å². The Labute approximate surface area is 169 Å². The van der Waals surface area contributed by atoms with Gasteiger partial charge < -0.3 is 19.5 Å². The van der Waals surface area contributed by atoms with Crippen molar-refractivity contribution in [2.75, 3.05) is 26.8 Å². The Balaban J connectivity index is 1.56. The average molecular weight is 402 g/mol. The summed E-state index contributed by atoms with van der Waals surface area (Å²) >= 11 is 0. The molecule has 29 heavy (non-hydrogen) atoms. The van der Waals surface area contributed by atoms with Gasteiger partial charge in [-0.2, -0.15) is 0 Å². The fourth-order valence-corrected chi connectivity index (χ4v) is 4.44. The van der Waals surface area contributed by atoms with E-state index in [1.807, 2.05) is 4.90 Å². The lowest BCUT2D eigenvalue weighted by molar-refractivity contribution is -0.151. The molecule has 0 bridgehead atoms. The maximum absolute atomic E-state index is 13.3. The number of hydrogen-bond donors (Lipinski definition) is 1. The Hall–Kier alpha value is -2.61. The quantitative estimate of drug-likeness (QED) is 0.824. The third-order valence-corrected chi connectivity index (χ3v) is 6.39. The molecule has 1 aromatic carbocycles. The number of amides is 2. The smallest absolute Gasteiger partial charge is 0.328 e. The molecular weight excluding hydrogens is 376 g/mol. The summed E-state index contributed by atoms with van der Waals surface area (Å²) < 4.78 is 11.1. The lowest BCUT2D eigenvalue weighted by atomic mass is 9.83. The first-order valence-corrected chi connectivity index (χ1v) is 10.1. The van der Waals surface area contributed by atoms with Crippen LogP contribution in [0.3, 0.4) is 0 Å². The zero-order valence-electron chi connectivity index (χ0n) is 16.5. The normalized spacial score (nSPS) is 23.7. The molecule has 1 aliphatic carbocycles. The molecule has 8 heteroatoms. The summed E-state index contributed by atoms with van der Waals surface area (Å²) in [4.78, 5) is 40.9. The predicted molar refractivity (Wildman–Crippen MR) is 102 cm³/mol. The average Bonchev–Trinajstić information content (AvgIpc) is 3.05. The van der Waals surface area contributed by atoms with E-state index in [2.05, 4.69) is 0 Å². The van der Waals surface area contributed by atoms with Gasteiger partial charge >= 0.3 is 5.97 Å². The van der Waals surface area contributed by atoms with Gasteiger partial charge in [0.1, 0.15) is 11.5 Å². The fourth-order valence-electron chi connectivity index (χ4n) is 4.44. The molecule has 0 aromatic heterocycles. The number of carboxylic acid groups (broad SMARTS) is 1. The molecule has 8 nitrogen and oxygen atoms in total. The number of methoxy groups -OCH3 is 1. The first-order chi connectivity index (χ1) is 13.9. The second-order valence-electron chi connectivity index (χ2n) is 7.97. The highest BCUT2D eigenvalue weighted by Crippen LogP contribution is 2.39. The van der Waals surface area contributed by atoms with Crippen LogP contribution in [0, 0.1) is 5.92 Å². The molecule has 0 unspecified atom stereocenters. The zero-order chi connectivity index (χ0) is 20.6. The molecular formula is C21H26N2O6. The molecule has 156 valence electrons. The van der Waals surface area contributed by atoms with Gasteiger partial charge in [0.2, 0.25) is 5.91 Å². The second-order valence-corrected chi connectivity index (χ2v) is 7.97. The number of carbonyl (C=O) groups is 3. The Kier molecular flexibility index (Phi) is 5.21. The molecule has 2 amide bonds. The van der Waals surface area contributed by atoms with Crippen LogP contribution in [-0.4, -0.2) is 71.3 Å². The number of piperidine rings is 1. The number of hydrogen-bond acceptors (Lipinski definition) is 5. The number of carbonyl (C=O) groups excluding carboxylic acids is 2. The molecule has 1 spiro atoms. The number of benzene rings is 1. The van der Waals surface area contributed by atoms with Crippen LogP contribution < -0.4 is 4.74 Å². The van der Waals surface area contributed by atoms with Gasteiger partial charge in [-0.15, -0.1) is 0 Å². The molecule has 2 heterocycles. The molecule has 3 fully saturated rings. The molecule has 1 aromatic rings. The highest BCUT2D eigenvalue weighted by molar-refractivity contribution is 5.97. The fraction of sp³-hybridized carbons (Fsp3) is 0.571. The summed E-state index contributed by atoms with van der Waals surface area (Å²) in [7, 11) is 1.51. The van der Waals surface area contributed by atoms with Crippen LogP contribution in [0.1, 0.15) is 42.5 Å². The van der Waals surface area contributed by atoms with Crippen LogP contribution in [0.25, 0.3) is 0 Å². The SMILES string of the molecule is COc1cccc(C(=O)N2[C@H](C(=O)O)COC23CCN(C(=O)C2CCC2)CC3)c1. The lowest BCUT2D eigenvalue weighted by Gasteiger charge is -2.45. The van der Waals surface area contributed by atoms with E-state index in [1.54, 1.807) is 24.3 Å². The zero-order valence-corrected chi connectivity index (χ0v) is 16.5. The molecule has 4 rings (SSSR count). The first kappa shape index (κ1) is 19.7. The highest BCUT2D eigenvalue weighted by Gasteiger charge is 2.54. The number of carboxylic acids is 1. The van der Waals surface area contributed by atoms with Gasteiger partial charge in [-0.25, -0.2) is 4.79 Å². The summed E-state index contributed by atoms with van der Waals surface area (Å²) in [6.45, 7) is 0.870. The molecule has 2 saturated heterocycles. The van der Waals surface area contributed by atoms with Crippen molar-refractivity contribution in [3.63, 3.8) is 0 Å². The molecule has 1 atom stereocenters. The van der Waals surface area contributed by atoms with E-state index in [4.69, 9.17) is 9.47 Å². The molecule has 0 radical (unpaired) electrons. The van der Waals surface area contributed by atoms with Crippen molar-refractivity contribution in [3.8, 4) is 5.75 Å². The van der Waals surface area contributed by atoms with E-state index in [0.29, 0.717) is 37.2 Å². The van der Waals surface area contributed by atoms with Gasteiger partial charge in [-0.05, 0) is 31.0 Å². The van der Waals surface area contributed by atoms with E-state index in [1.165, 1.54) is 12.0 Å². The Morgan fingerprint density at radius 3 is 2.52 bits per heavy atom. The van der Waals surface area contributed by atoms with Gasteiger partial charge in [-0.1, -0.05) is 12.5 Å². The standard InChI is InChI=1S/C21H26N2O6/c1-28-16-7-3-6-15(12-16)19(25)23-17(20(26)27)13-29-21(23)8-10-22(11-9-21)18(24)14-4-2-5-14/h3,6-7,12,14,17H,2,4-5,8-11,13H2,1H3,(H,26,27)/t17-/m0/s1. The van der Waals surface area contributed by atoms with Crippen LogP contribution in [0.15, 0.2) is 24.3 Å². The van der Waals surface area contributed by atoms with E-state index >= 15 is 0 Å². The maximum Gasteiger partial charge on any atom is 0.328 e. The topological polar surface area (TPSA) is 96.4 Å². The minimum absolute atomic E-state index is 0.0540. The summed E-state index contributed by atoms with van der Waals surface area (Å²) in [6, 6.07) is 5.62. The third kappa shape index (κ3) is 3.46. The van der Waals surface area contributed by atoms with Gasteiger partial charge in [0.25, 0.3) is 5.91 Å². The van der Waals surface area contributed by atoms with Gasteiger partial charge in [0, 0.05) is 37.4 Å². The Bertz CT molecular complexity index is 813. The summed E-state index contributed by atoms with van der Waals surface area (Å²) in [6.07, 6.45) is 3.80. The summed E-state index contributed by atoms with van der Waals surface area (Å²) in [5.41, 5.74) is -0.645. The summed E-state index contributed by atoms with van der Waals surface area (Å²) in [5, 5.41) is 9.68. The maximum atomic E-state index is 13.3.